The van der Waals surface area contributed by atoms with E-state index in [1.165, 1.54) is 0 Å². The molecule has 0 amide bonds. The Kier molecular flexibility index (Phi) is 8.63. The number of para-hydroxylation sites is 1. The SMILES string of the molecule is [2H]c1nc(-c2[c-]c(-c3cccc4c3nc(-c3cc(C)cc(C(C)(C)C)c3O)n4-c3ccc(C([2H])(C)C)cc3-c3ccccc3)cc(C(C)(C)C)c2)c([2H])c(-c2c([2H])c([2H])c([2H])c([2H])c2[2H])c1[2H].[Pt]. The van der Waals surface area contributed by atoms with Crippen LogP contribution in [-0.2, 0) is 31.9 Å². The normalized spacial score (nSPS) is 14.2. The molecule has 0 bridgehead atoms. The van der Waals surface area contributed by atoms with E-state index in [1.54, 1.807) is 0 Å². The van der Waals surface area contributed by atoms with Gasteiger partial charge in [0, 0.05) is 45.4 Å². The summed E-state index contributed by atoms with van der Waals surface area (Å²) in [5.74, 6) is -0.306. The largest absolute Gasteiger partial charge is 0.507 e. The third-order valence-corrected chi connectivity index (χ3v) is 10.5. The number of nitrogens with zero attached hydrogens (tertiary/aromatic N) is 3. The minimum Gasteiger partial charge on any atom is -0.507 e. The van der Waals surface area contributed by atoms with Crippen molar-refractivity contribution in [3.05, 3.63) is 168 Å². The van der Waals surface area contributed by atoms with Crippen LogP contribution in [0.2, 0.25) is 0 Å². The fourth-order valence-electron chi connectivity index (χ4n) is 7.37. The molecule has 0 radical (unpaired) electrons. The van der Waals surface area contributed by atoms with E-state index >= 15 is 0 Å². The number of pyridine rings is 1. The number of rotatable bonds is 7. The van der Waals surface area contributed by atoms with Crippen molar-refractivity contribution in [2.45, 2.75) is 79.0 Å². The van der Waals surface area contributed by atoms with E-state index in [0.29, 0.717) is 39.1 Å². The summed E-state index contributed by atoms with van der Waals surface area (Å²) in [6, 6.07) is 29.2. The molecule has 1 N–H and O–H groups in total. The summed E-state index contributed by atoms with van der Waals surface area (Å²) < 4.78 is 80.4. The van der Waals surface area contributed by atoms with Gasteiger partial charge < -0.3 is 5.11 Å². The number of fused-ring (bicyclic) bond motifs is 1. The summed E-state index contributed by atoms with van der Waals surface area (Å²) in [7, 11) is 0. The van der Waals surface area contributed by atoms with Crippen molar-refractivity contribution in [2.75, 3.05) is 0 Å². The molecule has 6 aromatic carbocycles. The zero-order chi connectivity index (χ0) is 48.8. The maximum atomic E-state index is 12.3. The second-order valence-corrected chi connectivity index (χ2v) is 17.1. The van der Waals surface area contributed by atoms with Crippen LogP contribution in [0, 0.1) is 13.0 Å². The summed E-state index contributed by atoms with van der Waals surface area (Å²) in [5.41, 5.74) is 7.73. The Hall–Kier alpha value is -5.57. The van der Waals surface area contributed by atoms with Crippen LogP contribution in [0.5, 0.6) is 5.75 Å². The predicted molar refractivity (Wildman–Crippen MR) is 243 cm³/mol. The summed E-state index contributed by atoms with van der Waals surface area (Å²) in [4.78, 5) is 9.87. The zero-order valence-corrected chi connectivity index (χ0v) is 37.0. The summed E-state index contributed by atoms with van der Waals surface area (Å²) >= 11 is 0. The van der Waals surface area contributed by atoms with Gasteiger partial charge in [0.2, 0.25) is 0 Å². The van der Waals surface area contributed by atoms with Crippen LogP contribution in [0.25, 0.3) is 72.7 Å². The number of aromatic nitrogens is 3. The summed E-state index contributed by atoms with van der Waals surface area (Å²) in [6.07, 6.45) is -0.531. The van der Waals surface area contributed by atoms with Gasteiger partial charge in [-0.25, -0.2) is 4.98 Å². The zero-order valence-electron chi connectivity index (χ0n) is 43.8. The van der Waals surface area contributed by atoms with Crippen molar-refractivity contribution >= 4 is 11.0 Å². The van der Waals surface area contributed by atoms with Gasteiger partial charge in [0.15, 0.2) is 0 Å². The summed E-state index contributed by atoms with van der Waals surface area (Å²) in [5, 5.41) is 12.3. The van der Waals surface area contributed by atoms with Gasteiger partial charge in [-0.1, -0.05) is 157 Å². The van der Waals surface area contributed by atoms with Crippen molar-refractivity contribution in [1.82, 2.24) is 14.5 Å². The Morgan fingerprint density at radius 1 is 0.729 bits per heavy atom. The molecule has 8 rings (SSSR count). The van der Waals surface area contributed by atoms with Crippen molar-refractivity contribution in [3.63, 3.8) is 0 Å². The molecule has 4 nitrogen and oxygen atoms in total. The maximum Gasteiger partial charge on any atom is 0.148 e. The Bertz CT molecular complexity index is 3280. The molecule has 0 aliphatic heterocycles. The first-order chi connectivity index (χ1) is 31.3. The Morgan fingerprint density at radius 3 is 2.15 bits per heavy atom. The second kappa shape index (κ2) is 16.2. The first-order valence-electron chi connectivity index (χ1n) is 24.0. The fraction of sp³-hybridized carbons (Fsp3) is 0.222. The first kappa shape index (κ1) is 31.4. The molecule has 2 aromatic heterocycles. The van der Waals surface area contributed by atoms with Crippen LogP contribution in [-0.4, -0.2) is 19.6 Å². The molecular formula is C54H52N3OPt-. The van der Waals surface area contributed by atoms with Gasteiger partial charge in [0.05, 0.1) is 33.3 Å². The number of hydrogen-bond acceptors (Lipinski definition) is 3. The molecule has 0 fully saturated rings. The van der Waals surface area contributed by atoms with Crippen LogP contribution < -0.4 is 0 Å². The van der Waals surface area contributed by atoms with Gasteiger partial charge in [-0.2, -0.15) is 0 Å². The molecule has 0 saturated heterocycles. The molecule has 0 unspecified atom stereocenters. The van der Waals surface area contributed by atoms with E-state index in [1.807, 2.05) is 133 Å². The third-order valence-electron chi connectivity index (χ3n) is 10.5. The standard InChI is InChI=1S/C54H52N3O.Pt/c1-34(2)38-23-24-48(44(32-38)37-19-14-11-15-20-37)57-49-22-16-21-43(50(49)56-52(57)45-27-35(3)28-46(51(45)58)54(7,8)9)40-29-41(31-42(30-40)53(4,5)6)47-33-39(25-26-55-47)36-17-12-10-13-18-36;/h10-28,30-34,58H,1-9H3;/q-1;/i10D,12D,13D,17D,18D,25D,26D,33D,34D;. The minimum absolute atomic E-state index is 0. The second-order valence-electron chi connectivity index (χ2n) is 17.1. The average Bonchev–Trinajstić information content (AvgIpc) is 3.66. The van der Waals surface area contributed by atoms with Crippen LogP contribution in [0.4, 0.5) is 0 Å². The van der Waals surface area contributed by atoms with Gasteiger partial charge >= 0.3 is 0 Å². The number of hydrogen-bond donors (Lipinski definition) is 1. The van der Waals surface area contributed by atoms with E-state index in [0.717, 1.165) is 39.1 Å². The Morgan fingerprint density at radius 2 is 1.46 bits per heavy atom. The number of phenols is 1. The van der Waals surface area contributed by atoms with Gasteiger partial charge in [0.25, 0.3) is 0 Å². The molecule has 300 valence electrons. The minimum atomic E-state index is -0.901. The molecule has 59 heavy (non-hydrogen) atoms. The third kappa shape index (κ3) is 8.21. The van der Waals surface area contributed by atoms with Crippen LogP contribution >= 0.6 is 0 Å². The van der Waals surface area contributed by atoms with E-state index in [2.05, 4.69) is 36.4 Å². The number of phenolic OH excluding ortho intramolecular Hbond substituents is 1. The van der Waals surface area contributed by atoms with Gasteiger partial charge in [-0.05, 0) is 81.8 Å². The molecule has 0 aliphatic carbocycles. The van der Waals surface area contributed by atoms with Crippen molar-refractivity contribution in [3.8, 4) is 67.5 Å². The number of aryl methyl sites for hydroxylation is 1. The van der Waals surface area contributed by atoms with Crippen molar-refractivity contribution in [2.24, 2.45) is 0 Å². The Balaban J connectivity index is 0.00000684. The van der Waals surface area contributed by atoms with Gasteiger partial charge in [-0.15, -0.1) is 29.3 Å². The van der Waals surface area contributed by atoms with Gasteiger partial charge in [-0.3, -0.25) is 9.55 Å². The quantitative estimate of drug-likeness (QED) is 0.162. The number of aromatic hydroxyl groups is 1. The molecule has 0 spiro atoms. The maximum absolute atomic E-state index is 12.3. The smallest absolute Gasteiger partial charge is 0.148 e. The fourth-order valence-corrected chi connectivity index (χ4v) is 7.37. The van der Waals surface area contributed by atoms with Crippen molar-refractivity contribution in [1.29, 1.82) is 0 Å². The Labute approximate surface area is 377 Å². The molecule has 8 aromatic rings. The van der Waals surface area contributed by atoms with E-state index < -0.39 is 59.2 Å². The number of benzene rings is 6. The average molecular weight is 963 g/mol. The molecule has 2 heterocycles. The summed E-state index contributed by atoms with van der Waals surface area (Å²) in [6.45, 7) is 18.0. The topological polar surface area (TPSA) is 50.9 Å². The van der Waals surface area contributed by atoms with Crippen molar-refractivity contribution < 1.29 is 38.5 Å². The molecule has 0 atom stereocenters. The van der Waals surface area contributed by atoms with E-state index in [-0.39, 0.29) is 49.7 Å². The molecular weight excluding hydrogens is 902 g/mol. The molecule has 0 saturated carbocycles. The molecule has 0 aliphatic rings. The van der Waals surface area contributed by atoms with E-state index in [4.69, 9.17) is 16.0 Å². The van der Waals surface area contributed by atoms with Crippen LogP contribution in [0.1, 0.15) is 95.9 Å². The number of imidazole rings is 1. The molecule has 5 heteroatoms. The van der Waals surface area contributed by atoms with Crippen LogP contribution in [0.15, 0.2) is 139 Å². The first-order valence-corrected chi connectivity index (χ1v) is 19.5. The predicted octanol–water partition coefficient (Wildman–Crippen LogP) is 14.3. The van der Waals surface area contributed by atoms with E-state index in [9.17, 15) is 6.48 Å². The van der Waals surface area contributed by atoms with Gasteiger partial charge in [0.1, 0.15) is 11.6 Å². The van der Waals surface area contributed by atoms with Crippen LogP contribution in [0.3, 0.4) is 0 Å². The monoisotopic (exact) mass is 962 g/mol.